The second-order valence-corrected chi connectivity index (χ2v) is 6.50. The lowest BCUT2D eigenvalue weighted by molar-refractivity contribution is 0.112. The number of benzene rings is 1. The van der Waals surface area contributed by atoms with E-state index in [1.54, 1.807) is 22.2 Å². The Morgan fingerprint density at radius 1 is 1.25 bits per heavy atom. The van der Waals surface area contributed by atoms with Crippen LogP contribution < -0.4 is 0 Å². The Morgan fingerprint density at radius 2 is 2.05 bits per heavy atom. The quantitative estimate of drug-likeness (QED) is 0.655. The van der Waals surface area contributed by atoms with Crippen molar-refractivity contribution >= 4 is 33.6 Å². The molecule has 0 fully saturated rings. The SMILES string of the molecule is Cc1ccc(-c2nn(-c3ccccc3Br)cc2C=O)s1. The van der Waals surface area contributed by atoms with E-state index in [1.165, 1.54) is 4.88 Å². The number of nitrogens with zero attached hydrogens (tertiary/aromatic N) is 2. The largest absolute Gasteiger partial charge is 0.298 e. The number of hydrogen-bond acceptors (Lipinski definition) is 3. The number of aromatic nitrogens is 2. The van der Waals surface area contributed by atoms with Gasteiger partial charge in [-0.25, -0.2) is 4.68 Å². The summed E-state index contributed by atoms with van der Waals surface area (Å²) in [6.45, 7) is 2.04. The zero-order chi connectivity index (χ0) is 14.1. The zero-order valence-electron chi connectivity index (χ0n) is 10.7. The fourth-order valence-corrected chi connectivity index (χ4v) is 3.33. The summed E-state index contributed by atoms with van der Waals surface area (Å²) in [6.07, 6.45) is 2.61. The molecule has 20 heavy (non-hydrogen) atoms. The molecule has 0 aliphatic heterocycles. The van der Waals surface area contributed by atoms with Gasteiger partial charge in [0.25, 0.3) is 0 Å². The van der Waals surface area contributed by atoms with Gasteiger partial charge in [-0.05, 0) is 47.1 Å². The van der Waals surface area contributed by atoms with Gasteiger partial charge in [-0.1, -0.05) is 12.1 Å². The Bertz CT molecular complexity index is 776. The molecule has 0 radical (unpaired) electrons. The molecule has 2 aromatic heterocycles. The van der Waals surface area contributed by atoms with Crippen molar-refractivity contribution in [2.24, 2.45) is 0 Å². The Morgan fingerprint density at radius 3 is 2.70 bits per heavy atom. The monoisotopic (exact) mass is 346 g/mol. The maximum absolute atomic E-state index is 11.3. The molecule has 0 spiro atoms. The van der Waals surface area contributed by atoms with Gasteiger partial charge in [-0.3, -0.25) is 4.79 Å². The van der Waals surface area contributed by atoms with E-state index in [2.05, 4.69) is 21.0 Å². The van der Waals surface area contributed by atoms with Crippen molar-refractivity contribution in [3.63, 3.8) is 0 Å². The molecule has 5 heteroatoms. The van der Waals surface area contributed by atoms with Crippen LogP contribution in [0.1, 0.15) is 15.2 Å². The van der Waals surface area contributed by atoms with Gasteiger partial charge >= 0.3 is 0 Å². The number of carbonyl (C=O) groups excluding carboxylic acids is 1. The minimum absolute atomic E-state index is 0.600. The maximum Gasteiger partial charge on any atom is 0.153 e. The molecule has 1 aromatic carbocycles. The van der Waals surface area contributed by atoms with Crippen molar-refractivity contribution in [3.8, 4) is 16.3 Å². The third-order valence-electron chi connectivity index (χ3n) is 2.94. The molecule has 0 bridgehead atoms. The molecule has 0 saturated carbocycles. The molecule has 0 aliphatic carbocycles. The number of thiophene rings is 1. The maximum atomic E-state index is 11.3. The molecule has 3 aromatic rings. The Balaban J connectivity index is 2.14. The molecule has 0 N–H and O–H groups in total. The second-order valence-electron chi connectivity index (χ2n) is 4.36. The van der Waals surface area contributed by atoms with Crippen LogP contribution in [0.3, 0.4) is 0 Å². The summed E-state index contributed by atoms with van der Waals surface area (Å²) in [6, 6.07) is 11.8. The Hall–Kier alpha value is -1.72. The third-order valence-corrected chi connectivity index (χ3v) is 4.62. The second kappa shape index (κ2) is 5.34. The van der Waals surface area contributed by atoms with E-state index in [1.807, 2.05) is 43.3 Å². The van der Waals surface area contributed by atoms with Crippen LogP contribution in [-0.2, 0) is 0 Å². The first-order valence-corrected chi connectivity index (χ1v) is 7.66. The van der Waals surface area contributed by atoms with Gasteiger partial charge in [0.1, 0.15) is 5.69 Å². The number of halogens is 1. The minimum atomic E-state index is 0.600. The highest BCUT2D eigenvalue weighted by Crippen LogP contribution is 2.30. The van der Waals surface area contributed by atoms with E-state index in [4.69, 9.17) is 0 Å². The predicted octanol–water partition coefficient (Wildman–Crippen LogP) is 4.48. The number of aldehydes is 1. The van der Waals surface area contributed by atoms with Crippen LogP contribution in [0.2, 0.25) is 0 Å². The van der Waals surface area contributed by atoms with Crippen LogP contribution in [0.4, 0.5) is 0 Å². The molecule has 3 nitrogen and oxygen atoms in total. The predicted molar refractivity (Wildman–Crippen MR) is 84.7 cm³/mol. The summed E-state index contributed by atoms with van der Waals surface area (Å²) >= 11 is 5.14. The van der Waals surface area contributed by atoms with E-state index in [9.17, 15) is 4.79 Å². The first-order valence-electron chi connectivity index (χ1n) is 6.05. The summed E-state index contributed by atoms with van der Waals surface area (Å²) in [5, 5.41) is 4.56. The van der Waals surface area contributed by atoms with Crippen LogP contribution in [0, 0.1) is 6.92 Å². The van der Waals surface area contributed by atoms with E-state index in [-0.39, 0.29) is 0 Å². The van der Waals surface area contributed by atoms with Crippen molar-refractivity contribution in [2.75, 3.05) is 0 Å². The summed E-state index contributed by atoms with van der Waals surface area (Å²) < 4.78 is 2.67. The van der Waals surface area contributed by atoms with Crippen LogP contribution in [0.5, 0.6) is 0 Å². The number of rotatable bonds is 3. The van der Waals surface area contributed by atoms with Gasteiger partial charge in [0.05, 0.1) is 16.1 Å². The molecule has 2 heterocycles. The van der Waals surface area contributed by atoms with Crippen molar-refractivity contribution in [3.05, 3.63) is 57.5 Å². The smallest absolute Gasteiger partial charge is 0.153 e. The molecular weight excluding hydrogens is 336 g/mol. The summed E-state index contributed by atoms with van der Waals surface area (Å²) in [7, 11) is 0. The summed E-state index contributed by atoms with van der Waals surface area (Å²) in [5.74, 6) is 0. The van der Waals surface area contributed by atoms with Crippen molar-refractivity contribution < 1.29 is 4.79 Å². The van der Waals surface area contributed by atoms with E-state index >= 15 is 0 Å². The lowest BCUT2D eigenvalue weighted by Crippen LogP contribution is -1.95. The number of para-hydroxylation sites is 1. The van der Waals surface area contributed by atoms with Crippen LogP contribution >= 0.6 is 27.3 Å². The van der Waals surface area contributed by atoms with Gasteiger partial charge < -0.3 is 0 Å². The number of carbonyl (C=O) groups is 1. The Labute approximate surface area is 129 Å². The van der Waals surface area contributed by atoms with E-state index < -0.39 is 0 Å². The molecule has 100 valence electrons. The highest BCUT2D eigenvalue weighted by Gasteiger charge is 2.14. The molecule has 0 unspecified atom stereocenters. The van der Waals surface area contributed by atoms with Gasteiger partial charge in [-0.15, -0.1) is 11.3 Å². The first-order chi connectivity index (χ1) is 9.69. The van der Waals surface area contributed by atoms with Crippen LogP contribution in [0.15, 0.2) is 47.1 Å². The topological polar surface area (TPSA) is 34.9 Å². The molecule has 3 rings (SSSR count). The fourth-order valence-electron chi connectivity index (χ4n) is 1.99. The lowest BCUT2D eigenvalue weighted by atomic mass is 10.2. The van der Waals surface area contributed by atoms with Crippen LogP contribution in [0.25, 0.3) is 16.3 Å². The van der Waals surface area contributed by atoms with Gasteiger partial charge in [-0.2, -0.15) is 5.10 Å². The number of aryl methyl sites for hydroxylation is 1. The van der Waals surface area contributed by atoms with Crippen molar-refractivity contribution in [2.45, 2.75) is 6.92 Å². The molecule has 0 atom stereocenters. The molecule has 0 aliphatic rings. The third kappa shape index (κ3) is 2.34. The normalized spacial score (nSPS) is 10.7. The fraction of sp³-hybridized carbons (Fsp3) is 0.0667. The Kier molecular flexibility index (Phi) is 3.54. The average Bonchev–Trinajstić information content (AvgIpc) is 3.05. The van der Waals surface area contributed by atoms with Gasteiger partial charge in [0.2, 0.25) is 0 Å². The van der Waals surface area contributed by atoms with Crippen LogP contribution in [-0.4, -0.2) is 16.1 Å². The highest BCUT2D eigenvalue weighted by molar-refractivity contribution is 9.10. The minimum Gasteiger partial charge on any atom is -0.298 e. The van der Waals surface area contributed by atoms with E-state index in [0.29, 0.717) is 5.56 Å². The van der Waals surface area contributed by atoms with E-state index in [0.717, 1.165) is 27.0 Å². The lowest BCUT2D eigenvalue weighted by Gasteiger charge is -2.03. The van der Waals surface area contributed by atoms with Crippen molar-refractivity contribution in [1.82, 2.24) is 9.78 Å². The van der Waals surface area contributed by atoms with Crippen molar-refractivity contribution in [1.29, 1.82) is 0 Å². The zero-order valence-corrected chi connectivity index (χ0v) is 13.1. The molecule has 0 saturated heterocycles. The standard InChI is InChI=1S/C15H11BrN2OS/c1-10-6-7-14(20-10)15-11(9-19)8-18(17-15)13-5-3-2-4-12(13)16/h2-9H,1H3. The van der Waals surface area contributed by atoms with Gasteiger partial charge in [0, 0.05) is 15.5 Å². The molecule has 0 amide bonds. The summed E-state index contributed by atoms with van der Waals surface area (Å²) in [5.41, 5.74) is 2.24. The number of hydrogen-bond donors (Lipinski definition) is 0. The highest BCUT2D eigenvalue weighted by atomic mass is 79.9. The van der Waals surface area contributed by atoms with Gasteiger partial charge in [0.15, 0.2) is 6.29 Å². The average molecular weight is 347 g/mol. The first kappa shape index (κ1) is 13.3. The summed E-state index contributed by atoms with van der Waals surface area (Å²) in [4.78, 5) is 13.5. The molecular formula is C15H11BrN2OS.